The Kier molecular flexibility index (Phi) is 3.71. The highest BCUT2D eigenvalue weighted by Crippen LogP contribution is 2.25. The number of benzene rings is 2. The second-order valence-corrected chi connectivity index (χ2v) is 4.22. The SMILES string of the molecule is O=C([O-])c1ccc(-c2cc(C(=O)[O-])ccc2C(=O)O)cc1. The van der Waals surface area contributed by atoms with Crippen molar-refractivity contribution in [2.75, 3.05) is 0 Å². The number of hydrogen-bond donors (Lipinski definition) is 1. The zero-order chi connectivity index (χ0) is 15.6. The molecule has 0 bridgehead atoms. The van der Waals surface area contributed by atoms with Gasteiger partial charge in [-0.2, -0.15) is 0 Å². The maximum absolute atomic E-state index is 11.2. The summed E-state index contributed by atoms with van der Waals surface area (Å²) in [7, 11) is 0. The molecular weight excluding hydrogens is 276 g/mol. The number of carbonyl (C=O) groups is 3. The van der Waals surface area contributed by atoms with Gasteiger partial charge in [-0.05, 0) is 34.4 Å². The normalized spacial score (nSPS) is 10.1. The number of aromatic carboxylic acids is 3. The summed E-state index contributed by atoms with van der Waals surface area (Å²) in [5, 5.41) is 30.7. The average molecular weight is 284 g/mol. The van der Waals surface area contributed by atoms with Crippen molar-refractivity contribution >= 4 is 17.9 Å². The van der Waals surface area contributed by atoms with Gasteiger partial charge in [-0.1, -0.05) is 30.3 Å². The highest BCUT2D eigenvalue weighted by Gasteiger charge is 2.13. The summed E-state index contributed by atoms with van der Waals surface area (Å²) in [5.41, 5.74) is 0.210. The molecule has 1 N–H and O–H groups in total. The molecule has 6 nitrogen and oxygen atoms in total. The van der Waals surface area contributed by atoms with E-state index in [1.54, 1.807) is 0 Å². The third kappa shape index (κ3) is 2.89. The zero-order valence-electron chi connectivity index (χ0n) is 10.5. The minimum atomic E-state index is -1.43. The number of rotatable bonds is 4. The Bertz CT molecular complexity index is 730. The van der Waals surface area contributed by atoms with E-state index in [1.807, 2.05) is 0 Å². The minimum absolute atomic E-state index is 0.0633. The highest BCUT2D eigenvalue weighted by molar-refractivity contribution is 5.99. The van der Waals surface area contributed by atoms with Gasteiger partial charge in [0.25, 0.3) is 0 Å². The van der Waals surface area contributed by atoms with E-state index in [4.69, 9.17) is 5.11 Å². The fraction of sp³-hybridized carbons (Fsp3) is 0. The van der Waals surface area contributed by atoms with Crippen molar-refractivity contribution in [3.05, 3.63) is 59.2 Å². The maximum Gasteiger partial charge on any atom is 0.336 e. The number of carbonyl (C=O) groups excluding carboxylic acids is 2. The fourth-order valence-corrected chi connectivity index (χ4v) is 1.88. The van der Waals surface area contributed by atoms with Crippen LogP contribution in [0, 0.1) is 0 Å². The Morgan fingerprint density at radius 1 is 0.810 bits per heavy atom. The summed E-state index contributed by atoms with van der Waals surface area (Å²) < 4.78 is 0. The lowest BCUT2D eigenvalue weighted by Crippen LogP contribution is -2.22. The van der Waals surface area contributed by atoms with E-state index in [0.717, 1.165) is 12.1 Å². The first-order chi connectivity index (χ1) is 9.90. The molecule has 0 heterocycles. The molecule has 0 saturated carbocycles. The lowest BCUT2D eigenvalue weighted by molar-refractivity contribution is -0.256. The number of carboxylic acid groups (broad SMARTS) is 3. The minimum Gasteiger partial charge on any atom is -0.545 e. The van der Waals surface area contributed by atoms with E-state index in [9.17, 15) is 24.6 Å². The molecule has 0 atom stereocenters. The summed E-state index contributed by atoms with van der Waals surface area (Å²) in [5.74, 6) is -4.01. The van der Waals surface area contributed by atoms with Crippen LogP contribution < -0.4 is 10.2 Å². The van der Waals surface area contributed by atoms with Crippen molar-refractivity contribution in [3.63, 3.8) is 0 Å². The molecule has 0 unspecified atom stereocenters. The van der Waals surface area contributed by atoms with Gasteiger partial charge in [-0.25, -0.2) is 4.79 Å². The van der Waals surface area contributed by atoms with Crippen LogP contribution >= 0.6 is 0 Å². The molecule has 0 spiro atoms. The van der Waals surface area contributed by atoms with Crippen molar-refractivity contribution in [3.8, 4) is 11.1 Å². The quantitative estimate of drug-likeness (QED) is 0.829. The molecule has 0 aliphatic rings. The van der Waals surface area contributed by atoms with Crippen LogP contribution in [0.3, 0.4) is 0 Å². The van der Waals surface area contributed by atoms with Crippen LogP contribution in [0.4, 0.5) is 0 Å². The van der Waals surface area contributed by atoms with E-state index in [-0.39, 0.29) is 22.3 Å². The molecule has 0 saturated heterocycles. The monoisotopic (exact) mass is 284 g/mol. The second kappa shape index (κ2) is 5.46. The maximum atomic E-state index is 11.2. The predicted octanol–water partition coefficient (Wildman–Crippen LogP) is -0.221. The van der Waals surface area contributed by atoms with Crippen LogP contribution in [0.2, 0.25) is 0 Å². The third-order valence-electron chi connectivity index (χ3n) is 2.92. The van der Waals surface area contributed by atoms with Gasteiger partial charge in [0, 0.05) is 0 Å². The van der Waals surface area contributed by atoms with Gasteiger partial charge in [0.2, 0.25) is 0 Å². The van der Waals surface area contributed by atoms with Crippen LogP contribution in [0.1, 0.15) is 31.1 Å². The third-order valence-corrected chi connectivity index (χ3v) is 2.92. The van der Waals surface area contributed by atoms with Gasteiger partial charge in [-0.15, -0.1) is 0 Å². The van der Waals surface area contributed by atoms with Crippen molar-refractivity contribution in [2.24, 2.45) is 0 Å². The van der Waals surface area contributed by atoms with Gasteiger partial charge in [0.05, 0.1) is 17.5 Å². The summed E-state index contributed by atoms with van der Waals surface area (Å²) in [6, 6.07) is 8.74. The molecule has 0 fully saturated rings. The molecule has 6 heteroatoms. The Morgan fingerprint density at radius 3 is 1.81 bits per heavy atom. The van der Waals surface area contributed by atoms with E-state index in [2.05, 4.69) is 0 Å². The van der Waals surface area contributed by atoms with Crippen molar-refractivity contribution in [1.82, 2.24) is 0 Å². The van der Waals surface area contributed by atoms with E-state index in [1.165, 1.54) is 30.3 Å². The lowest BCUT2D eigenvalue weighted by atomic mass is 9.96. The topological polar surface area (TPSA) is 118 Å². The standard InChI is InChI=1S/C15H10O6/c16-13(17)9-3-1-8(2-4-9)12-7-10(14(18)19)5-6-11(12)15(20)21/h1-7H,(H,16,17)(H,18,19)(H,20,21)/p-2. The van der Waals surface area contributed by atoms with Gasteiger partial charge < -0.3 is 24.9 Å². The van der Waals surface area contributed by atoms with Gasteiger partial charge in [-0.3, -0.25) is 0 Å². The summed E-state index contributed by atoms with van der Waals surface area (Å²) in [6.45, 7) is 0. The van der Waals surface area contributed by atoms with Crippen LogP contribution in [-0.2, 0) is 0 Å². The predicted molar refractivity (Wildman–Crippen MR) is 67.5 cm³/mol. The second-order valence-electron chi connectivity index (χ2n) is 4.22. The molecule has 2 rings (SSSR count). The largest absolute Gasteiger partial charge is 0.545 e. The van der Waals surface area contributed by atoms with E-state index >= 15 is 0 Å². The van der Waals surface area contributed by atoms with Crippen LogP contribution in [-0.4, -0.2) is 23.0 Å². The molecule has 0 radical (unpaired) electrons. The Morgan fingerprint density at radius 2 is 1.33 bits per heavy atom. The van der Waals surface area contributed by atoms with E-state index in [0.29, 0.717) is 5.56 Å². The Hall–Kier alpha value is -3.15. The average Bonchev–Trinajstić information content (AvgIpc) is 2.46. The van der Waals surface area contributed by atoms with Gasteiger partial charge in [0.15, 0.2) is 0 Å². The smallest absolute Gasteiger partial charge is 0.336 e. The van der Waals surface area contributed by atoms with Gasteiger partial charge in [0.1, 0.15) is 0 Å². The Balaban J connectivity index is 2.59. The van der Waals surface area contributed by atoms with Crippen LogP contribution in [0.15, 0.2) is 42.5 Å². The molecule has 2 aromatic carbocycles. The summed E-state index contributed by atoms with van der Waals surface area (Å²) >= 11 is 0. The summed E-state index contributed by atoms with van der Waals surface area (Å²) in [4.78, 5) is 32.7. The van der Waals surface area contributed by atoms with Gasteiger partial charge >= 0.3 is 5.97 Å². The Labute approximate surface area is 118 Å². The molecule has 106 valence electrons. The first-order valence-corrected chi connectivity index (χ1v) is 5.80. The molecule has 2 aromatic rings. The first-order valence-electron chi connectivity index (χ1n) is 5.80. The highest BCUT2D eigenvalue weighted by atomic mass is 16.4. The molecule has 0 aliphatic heterocycles. The number of hydrogen-bond acceptors (Lipinski definition) is 5. The molecule has 0 aromatic heterocycles. The number of carboxylic acids is 3. The lowest BCUT2D eigenvalue weighted by Gasteiger charge is -2.11. The first kappa shape index (κ1) is 14.3. The van der Waals surface area contributed by atoms with Crippen molar-refractivity contribution in [1.29, 1.82) is 0 Å². The van der Waals surface area contributed by atoms with Crippen molar-refractivity contribution < 1.29 is 29.7 Å². The molecule has 21 heavy (non-hydrogen) atoms. The van der Waals surface area contributed by atoms with Crippen LogP contribution in [0.5, 0.6) is 0 Å². The molecule has 0 amide bonds. The van der Waals surface area contributed by atoms with Crippen molar-refractivity contribution in [2.45, 2.75) is 0 Å². The molecule has 0 aliphatic carbocycles. The van der Waals surface area contributed by atoms with E-state index < -0.39 is 17.9 Å². The molecular formula is C15H8O6-2. The summed E-state index contributed by atoms with van der Waals surface area (Å²) in [6.07, 6.45) is 0. The fourth-order valence-electron chi connectivity index (χ4n) is 1.88. The zero-order valence-corrected chi connectivity index (χ0v) is 10.5. The van der Waals surface area contributed by atoms with Crippen LogP contribution in [0.25, 0.3) is 11.1 Å².